The number of aromatic nitrogens is 3. The van der Waals surface area contributed by atoms with Gasteiger partial charge in [0.15, 0.2) is 0 Å². The lowest BCUT2D eigenvalue weighted by atomic mass is 9.93. The van der Waals surface area contributed by atoms with Crippen LogP contribution in [0.25, 0.3) is 5.52 Å². The number of rotatable bonds is 4. The highest BCUT2D eigenvalue weighted by molar-refractivity contribution is 5.50. The Balaban J connectivity index is 1.50. The maximum absolute atomic E-state index is 12.3. The number of aromatic amines is 1. The SMILES string of the molecule is COc1ccc(N2CCC(c3cn4nc(CO)cc4c(=O)[nH]3)CC2)cc1. The molecule has 1 fully saturated rings. The van der Waals surface area contributed by atoms with Gasteiger partial charge in [-0.25, -0.2) is 4.52 Å². The van der Waals surface area contributed by atoms with Crippen molar-refractivity contribution in [3.8, 4) is 5.75 Å². The van der Waals surface area contributed by atoms with Crippen LogP contribution >= 0.6 is 0 Å². The summed E-state index contributed by atoms with van der Waals surface area (Å²) in [5.74, 6) is 1.15. The zero-order chi connectivity index (χ0) is 18.1. The minimum absolute atomic E-state index is 0.160. The molecule has 1 aliphatic rings. The van der Waals surface area contributed by atoms with Crippen LogP contribution < -0.4 is 15.2 Å². The van der Waals surface area contributed by atoms with Crippen LogP contribution in [0.15, 0.2) is 41.3 Å². The molecular formula is C19H22N4O3. The van der Waals surface area contributed by atoms with E-state index in [2.05, 4.69) is 27.1 Å². The third kappa shape index (κ3) is 3.06. The first-order valence-electron chi connectivity index (χ1n) is 8.79. The molecular weight excluding hydrogens is 332 g/mol. The molecule has 0 atom stereocenters. The summed E-state index contributed by atoms with van der Waals surface area (Å²) >= 11 is 0. The van der Waals surface area contributed by atoms with E-state index in [0.29, 0.717) is 17.1 Å². The number of methoxy groups -OCH3 is 1. The summed E-state index contributed by atoms with van der Waals surface area (Å²) in [5.41, 5.74) is 2.90. The van der Waals surface area contributed by atoms with Crippen molar-refractivity contribution in [1.82, 2.24) is 14.6 Å². The van der Waals surface area contributed by atoms with E-state index in [4.69, 9.17) is 4.74 Å². The molecule has 0 amide bonds. The number of anilines is 1. The second-order valence-corrected chi connectivity index (χ2v) is 6.62. The first-order chi connectivity index (χ1) is 12.7. The third-order valence-electron chi connectivity index (χ3n) is 5.07. The Bertz CT molecular complexity index is 953. The van der Waals surface area contributed by atoms with Crippen molar-refractivity contribution in [1.29, 1.82) is 0 Å². The van der Waals surface area contributed by atoms with E-state index in [0.717, 1.165) is 37.4 Å². The van der Waals surface area contributed by atoms with Crippen molar-refractivity contribution in [3.63, 3.8) is 0 Å². The summed E-state index contributed by atoms with van der Waals surface area (Å²) in [6, 6.07) is 9.72. The molecule has 0 unspecified atom stereocenters. The quantitative estimate of drug-likeness (QED) is 0.748. The van der Waals surface area contributed by atoms with Gasteiger partial charge in [-0.2, -0.15) is 5.10 Å². The lowest BCUT2D eigenvalue weighted by molar-refractivity contribution is 0.276. The lowest BCUT2D eigenvalue weighted by Gasteiger charge is -2.33. The third-order valence-corrected chi connectivity index (χ3v) is 5.07. The second-order valence-electron chi connectivity index (χ2n) is 6.62. The molecule has 3 heterocycles. The normalized spacial score (nSPS) is 15.5. The lowest BCUT2D eigenvalue weighted by Crippen LogP contribution is -2.33. The van der Waals surface area contributed by atoms with Gasteiger partial charge >= 0.3 is 0 Å². The van der Waals surface area contributed by atoms with Crippen LogP contribution in [0.2, 0.25) is 0 Å². The van der Waals surface area contributed by atoms with Gasteiger partial charge in [0.2, 0.25) is 0 Å². The Morgan fingerprint density at radius 3 is 2.65 bits per heavy atom. The molecule has 4 rings (SSSR count). The fourth-order valence-corrected chi connectivity index (χ4v) is 3.60. The van der Waals surface area contributed by atoms with Crippen molar-refractivity contribution < 1.29 is 9.84 Å². The highest BCUT2D eigenvalue weighted by Gasteiger charge is 2.22. The predicted molar refractivity (Wildman–Crippen MR) is 98.9 cm³/mol. The van der Waals surface area contributed by atoms with Crippen LogP contribution in [0.4, 0.5) is 5.69 Å². The van der Waals surface area contributed by atoms with Gasteiger partial charge in [0.05, 0.1) is 19.4 Å². The van der Waals surface area contributed by atoms with Gasteiger partial charge in [-0.1, -0.05) is 0 Å². The van der Waals surface area contributed by atoms with Crippen molar-refractivity contribution in [2.24, 2.45) is 0 Å². The number of H-pyrrole nitrogens is 1. The number of aliphatic hydroxyl groups excluding tert-OH is 1. The van der Waals surface area contributed by atoms with Gasteiger partial charge in [0, 0.05) is 36.6 Å². The fraction of sp³-hybridized carbons (Fsp3) is 0.368. The number of aliphatic hydroxyl groups is 1. The Labute approximate surface area is 150 Å². The second kappa shape index (κ2) is 6.84. The zero-order valence-electron chi connectivity index (χ0n) is 14.7. The Morgan fingerprint density at radius 2 is 2.00 bits per heavy atom. The number of fused-ring (bicyclic) bond motifs is 1. The average molecular weight is 354 g/mol. The topological polar surface area (TPSA) is 82.9 Å². The number of ether oxygens (including phenoxy) is 1. The average Bonchev–Trinajstić information content (AvgIpc) is 3.12. The van der Waals surface area contributed by atoms with Gasteiger partial charge in [0.25, 0.3) is 5.56 Å². The smallest absolute Gasteiger partial charge is 0.274 e. The molecule has 136 valence electrons. The number of nitrogens with one attached hydrogen (secondary N) is 1. The van der Waals surface area contributed by atoms with Gasteiger partial charge in [-0.3, -0.25) is 4.79 Å². The molecule has 0 saturated carbocycles. The molecule has 3 aromatic rings. The van der Waals surface area contributed by atoms with Crippen LogP contribution in [-0.4, -0.2) is 39.9 Å². The summed E-state index contributed by atoms with van der Waals surface area (Å²) in [5, 5.41) is 13.5. The first-order valence-corrected chi connectivity index (χ1v) is 8.79. The van der Waals surface area contributed by atoms with Crippen molar-refractivity contribution in [3.05, 3.63) is 58.3 Å². The Hall–Kier alpha value is -2.80. The van der Waals surface area contributed by atoms with Crippen molar-refractivity contribution in [2.45, 2.75) is 25.4 Å². The van der Waals surface area contributed by atoms with Crippen LogP contribution in [-0.2, 0) is 6.61 Å². The molecule has 1 saturated heterocycles. The largest absolute Gasteiger partial charge is 0.497 e. The number of hydrogen-bond donors (Lipinski definition) is 2. The molecule has 0 radical (unpaired) electrons. The van der Waals surface area contributed by atoms with Crippen LogP contribution in [0.5, 0.6) is 5.75 Å². The van der Waals surface area contributed by atoms with E-state index in [1.54, 1.807) is 17.7 Å². The Morgan fingerprint density at radius 1 is 1.27 bits per heavy atom. The van der Waals surface area contributed by atoms with Crippen LogP contribution in [0.1, 0.15) is 30.1 Å². The molecule has 0 aliphatic carbocycles. The fourth-order valence-electron chi connectivity index (χ4n) is 3.60. The predicted octanol–water partition coefficient (Wildman–Crippen LogP) is 1.91. The summed E-state index contributed by atoms with van der Waals surface area (Å²) in [4.78, 5) is 17.6. The molecule has 0 bridgehead atoms. The van der Waals surface area contributed by atoms with Crippen LogP contribution in [0, 0.1) is 0 Å². The van der Waals surface area contributed by atoms with E-state index in [9.17, 15) is 9.90 Å². The minimum Gasteiger partial charge on any atom is -0.497 e. The number of benzene rings is 1. The van der Waals surface area contributed by atoms with Gasteiger partial charge in [-0.05, 0) is 43.2 Å². The minimum atomic E-state index is -0.170. The van der Waals surface area contributed by atoms with Crippen LogP contribution in [0.3, 0.4) is 0 Å². The zero-order valence-corrected chi connectivity index (χ0v) is 14.7. The van der Waals surface area contributed by atoms with Crippen molar-refractivity contribution in [2.75, 3.05) is 25.1 Å². The van der Waals surface area contributed by atoms with Gasteiger partial charge in [0.1, 0.15) is 11.3 Å². The number of piperidine rings is 1. The van der Waals surface area contributed by atoms with E-state index in [1.807, 2.05) is 18.3 Å². The maximum Gasteiger partial charge on any atom is 0.274 e. The van der Waals surface area contributed by atoms with E-state index >= 15 is 0 Å². The summed E-state index contributed by atoms with van der Waals surface area (Å²) in [7, 11) is 1.67. The number of nitrogens with zero attached hydrogens (tertiary/aromatic N) is 3. The Kier molecular flexibility index (Phi) is 4.38. The van der Waals surface area contributed by atoms with E-state index in [1.165, 1.54) is 5.69 Å². The van der Waals surface area contributed by atoms with Crippen molar-refractivity contribution >= 4 is 11.2 Å². The summed E-state index contributed by atoms with van der Waals surface area (Å²) in [6.07, 6.45) is 3.80. The monoisotopic (exact) mass is 354 g/mol. The standard InChI is InChI=1S/C19H22N4O3/c1-26-16-4-2-15(3-5-16)22-8-6-13(7-9-22)17-11-23-18(19(25)20-17)10-14(12-24)21-23/h2-5,10-11,13,24H,6-9,12H2,1H3,(H,20,25). The molecule has 26 heavy (non-hydrogen) atoms. The summed E-state index contributed by atoms with van der Waals surface area (Å²) < 4.78 is 6.79. The van der Waals surface area contributed by atoms with Gasteiger partial charge < -0.3 is 19.7 Å². The van der Waals surface area contributed by atoms with E-state index < -0.39 is 0 Å². The molecule has 7 heteroatoms. The first kappa shape index (κ1) is 16.7. The molecule has 7 nitrogen and oxygen atoms in total. The number of hydrogen-bond acceptors (Lipinski definition) is 5. The molecule has 2 aromatic heterocycles. The molecule has 1 aromatic carbocycles. The molecule has 1 aliphatic heterocycles. The highest BCUT2D eigenvalue weighted by Crippen LogP contribution is 2.30. The van der Waals surface area contributed by atoms with Gasteiger partial charge in [-0.15, -0.1) is 0 Å². The summed E-state index contributed by atoms with van der Waals surface area (Å²) in [6.45, 7) is 1.69. The molecule has 0 spiro atoms. The highest BCUT2D eigenvalue weighted by atomic mass is 16.5. The molecule has 2 N–H and O–H groups in total. The maximum atomic E-state index is 12.3. The van der Waals surface area contributed by atoms with E-state index in [-0.39, 0.29) is 12.2 Å².